The van der Waals surface area contributed by atoms with Gasteiger partial charge in [0, 0.05) is 12.8 Å². The van der Waals surface area contributed by atoms with Crippen molar-refractivity contribution in [3.8, 4) is 0 Å². The maximum absolute atomic E-state index is 12.6. The van der Waals surface area contributed by atoms with Gasteiger partial charge < -0.3 is 18.9 Å². The molecule has 0 spiro atoms. The number of hydrogen-bond acceptors (Lipinski definition) is 7. The lowest BCUT2D eigenvalue weighted by atomic mass is 10.1. The van der Waals surface area contributed by atoms with E-state index in [0.717, 1.165) is 57.8 Å². The summed E-state index contributed by atoms with van der Waals surface area (Å²) < 4.78 is 34.0. The highest BCUT2D eigenvalue weighted by Crippen LogP contribution is 2.43. The number of rotatable bonds is 33. The standard InChI is InChI=1S/C40H70NO8P/c1-6-8-10-12-14-16-17-18-19-20-21-22-23-25-26-28-30-32-39(42)46-36-38(37-48-50(44,45)47-35-34-41(3,4)5)49-40(43)33-31-29-27-24-15-13-11-9-7-2/h8,10,14,16,18-19,21-22,25-26,38H,6-7,9,11-13,15,17,20,23-24,27-37H2,1-5H3/p+1/b10-8-,16-14-,19-18-,22-21-,26-25-/t38-/m1/s1. The Morgan fingerprint density at radius 2 is 1.14 bits per heavy atom. The molecular formula is C40H71NO8P+. The van der Waals surface area contributed by atoms with E-state index in [0.29, 0.717) is 23.9 Å². The zero-order valence-electron chi connectivity index (χ0n) is 32.1. The molecule has 0 aliphatic rings. The maximum atomic E-state index is 12.6. The van der Waals surface area contributed by atoms with Gasteiger partial charge in [-0.15, -0.1) is 0 Å². The molecule has 0 aromatic carbocycles. The van der Waals surface area contributed by atoms with Crippen LogP contribution in [0.1, 0.15) is 129 Å². The highest BCUT2D eigenvalue weighted by molar-refractivity contribution is 7.47. The number of carbonyl (C=O) groups excluding carboxylic acids is 2. The van der Waals surface area contributed by atoms with Crippen LogP contribution in [0.15, 0.2) is 60.8 Å². The monoisotopic (exact) mass is 724 g/mol. The molecule has 9 nitrogen and oxygen atoms in total. The number of unbranched alkanes of at least 4 members (excludes halogenated alkanes) is 9. The molecule has 1 unspecified atom stereocenters. The molecule has 10 heteroatoms. The summed E-state index contributed by atoms with van der Waals surface area (Å²) in [5.74, 6) is -0.876. The Labute approximate surface area is 305 Å². The molecule has 0 rings (SSSR count). The number of allylic oxidation sites excluding steroid dienone is 10. The molecule has 0 aliphatic heterocycles. The number of phosphoric acid groups is 1. The van der Waals surface area contributed by atoms with Crippen LogP contribution in [0.25, 0.3) is 0 Å². The van der Waals surface area contributed by atoms with Crippen LogP contribution in [0.4, 0.5) is 0 Å². The minimum Gasteiger partial charge on any atom is -0.462 e. The predicted octanol–water partition coefficient (Wildman–Crippen LogP) is 10.1. The van der Waals surface area contributed by atoms with Crippen molar-refractivity contribution in [2.24, 2.45) is 0 Å². The number of ether oxygens (including phenoxy) is 2. The SMILES string of the molecule is CC/C=C\C/C=C\C/C=C\C/C=C\C/C=C\CCCC(=O)OC[C@H](COP(=O)(O)OCC[N+](C)(C)C)OC(=O)CCCCCCCCCCC. The minimum absolute atomic E-state index is 0.0210. The first-order valence-electron chi connectivity index (χ1n) is 19.0. The van der Waals surface area contributed by atoms with E-state index in [2.05, 4.69) is 68.5 Å². The van der Waals surface area contributed by atoms with Crippen LogP contribution in [-0.2, 0) is 32.7 Å². The third-order valence-corrected chi connectivity index (χ3v) is 8.55. The molecule has 0 saturated heterocycles. The minimum atomic E-state index is -4.38. The Morgan fingerprint density at radius 1 is 0.640 bits per heavy atom. The second-order valence-electron chi connectivity index (χ2n) is 13.6. The molecule has 0 heterocycles. The fourth-order valence-electron chi connectivity index (χ4n) is 4.58. The number of quaternary nitrogens is 1. The highest BCUT2D eigenvalue weighted by Gasteiger charge is 2.27. The fraction of sp³-hybridized carbons (Fsp3) is 0.700. The molecule has 2 atom stereocenters. The topological polar surface area (TPSA) is 108 Å². The van der Waals surface area contributed by atoms with Gasteiger partial charge in [-0.2, -0.15) is 0 Å². The molecule has 0 aromatic rings. The van der Waals surface area contributed by atoms with Crippen LogP contribution in [0.3, 0.4) is 0 Å². The Kier molecular flexibility index (Phi) is 31.1. The van der Waals surface area contributed by atoms with Crippen LogP contribution in [0.2, 0.25) is 0 Å². The quantitative estimate of drug-likeness (QED) is 0.0234. The van der Waals surface area contributed by atoms with Crippen molar-refractivity contribution < 1.29 is 42.1 Å². The van der Waals surface area contributed by atoms with Crippen molar-refractivity contribution in [2.75, 3.05) is 47.5 Å². The van der Waals surface area contributed by atoms with E-state index in [1.54, 1.807) is 0 Å². The maximum Gasteiger partial charge on any atom is 0.472 e. The summed E-state index contributed by atoms with van der Waals surface area (Å²) in [7, 11) is 1.44. The van der Waals surface area contributed by atoms with Gasteiger partial charge in [0.25, 0.3) is 0 Å². The van der Waals surface area contributed by atoms with Gasteiger partial charge >= 0.3 is 19.8 Å². The zero-order chi connectivity index (χ0) is 37.2. The number of carbonyl (C=O) groups is 2. The average molecular weight is 725 g/mol. The highest BCUT2D eigenvalue weighted by atomic mass is 31.2. The van der Waals surface area contributed by atoms with E-state index < -0.39 is 32.5 Å². The summed E-state index contributed by atoms with van der Waals surface area (Å²) in [5.41, 5.74) is 0. The number of phosphoric ester groups is 1. The molecule has 50 heavy (non-hydrogen) atoms. The van der Waals surface area contributed by atoms with Gasteiger partial charge in [0.2, 0.25) is 0 Å². The van der Waals surface area contributed by atoms with Gasteiger partial charge in [0.15, 0.2) is 6.10 Å². The summed E-state index contributed by atoms with van der Waals surface area (Å²) in [6.45, 7) is 4.18. The molecule has 0 aromatic heterocycles. The van der Waals surface area contributed by atoms with E-state index in [1.165, 1.54) is 32.1 Å². The van der Waals surface area contributed by atoms with Crippen LogP contribution in [0.5, 0.6) is 0 Å². The summed E-state index contributed by atoms with van der Waals surface area (Å²) in [6, 6.07) is 0. The van der Waals surface area contributed by atoms with Crippen LogP contribution in [-0.4, -0.2) is 74.9 Å². The second kappa shape index (κ2) is 32.6. The van der Waals surface area contributed by atoms with Crippen LogP contribution >= 0.6 is 7.82 Å². The van der Waals surface area contributed by atoms with Gasteiger partial charge in [-0.3, -0.25) is 18.6 Å². The molecule has 1 N–H and O–H groups in total. The summed E-state index contributed by atoms with van der Waals surface area (Å²) >= 11 is 0. The first-order valence-corrected chi connectivity index (χ1v) is 20.5. The number of esters is 2. The van der Waals surface area contributed by atoms with Crippen molar-refractivity contribution in [3.63, 3.8) is 0 Å². The van der Waals surface area contributed by atoms with Crippen LogP contribution < -0.4 is 0 Å². The fourth-order valence-corrected chi connectivity index (χ4v) is 5.32. The molecule has 0 bridgehead atoms. The molecule has 0 fully saturated rings. The normalized spacial score (nSPS) is 14.4. The van der Waals surface area contributed by atoms with Gasteiger partial charge in [-0.1, -0.05) is 126 Å². The first-order chi connectivity index (χ1) is 24.0. The summed E-state index contributed by atoms with van der Waals surface area (Å²) in [5, 5.41) is 0. The van der Waals surface area contributed by atoms with E-state index >= 15 is 0 Å². The van der Waals surface area contributed by atoms with Crippen molar-refractivity contribution in [3.05, 3.63) is 60.8 Å². The van der Waals surface area contributed by atoms with Gasteiger partial charge in [-0.25, -0.2) is 4.57 Å². The number of nitrogens with zero attached hydrogens (tertiary/aromatic N) is 1. The smallest absolute Gasteiger partial charge is 0.462 e. The molecule has 0 aliphatic carbocycles. The molecule has 0 saturated carbocycles. The molecular weight excluding hydrogens is 653 g/mol. The Bertz CT molecular complexity index is 1040. The Hall–Kier alpha value is -2.29. The molecule has 0 amide bonds. The zero-order valence-corrected chi connectivity index (χ0v) is 33.0. The van der Waals surface area contributed by atoms with E-state index in [1.807, 2.05) is 27.2 Å². The summed E-state index contributed by atoms with van der Waals surface area (Å²) in [6.07, 6.45) is 37.1. The largest absolute Gasteiger partial charge is 0.472 e. The molecule has 288 valence electrons. The van der Waals surface area contributed by atoms with Crippen molar-refractivity contribution in [1.29, 1.82) is 0 Å². The number of likely N-dealkylation sites (N-methyl/N-ethyl adjacent to an activating group) is 1. The van der Waals surface area contributed by atoms with Gasteiger partial charge in [0.05, 0.1) is 27.7 Å². The van der Waals surface area contributed by atoms with Crippen molar-refractivity contribution in [2.45, 2.75) is 136 Å². The third kappa shape index (κ3) is 35.5. The number of hydrogen-bond donors (Lipinski definition) is 1. The van der Waals surface area contributed by atoms with E-state index in [4.69, 9.17) is 18.5 Å². The van der Waals surface area contributed by atoms with Crippen LogP contribution in [0, 0.1) is 0 Å². The lowest BCUT2D eigenvalue weighted by Gasteiger charge is -2.24. The van der Waals surface area contributed by atoms with Gasteiger partial charge in [-0.05, 0) is 51.4 Å². The first kappa shape index (κ1) is 47.7. The predicted molar refractivity (Wildman–Crippen MR) is 206 cm³/mol. The Balaban J connectivity index is 4.51. The lowest BCUT2D eigenvalue weighted by molar-refractivity contribution is -0.870. The second-order valence-corrected chi connectivity index (χ2v) is 15.0. The third-order valence-electron chi connectivity index (χ3n) is 7.56. The van der Waals surface area contributed by atoms with Gasteiger partial charge in [0.1, 0.15) is 19.8 Å². The molecule has 0 radical (unpaired) electrons. The summed E-state index contributed by atoms with van der Waals surface area (Å²) in [4.78, 5) is 35.1. The Morgan fingerprint density at radius 3 is 1.68 bits per heavy atom. The van der Waals surface area contributed by atoms with E-state index in [9.17, 15) is 19.0 Å². The lowest BCUT2D eigenvalue weighted by Crippen LogP contribution is -2.37. The van der Waals surface area contributed by atoms with E-state index in [-0.39, 0.29) is 26.1 Å². The average Bonchev–Trinajstić information content (AvgIpc) is 3.06. The van der Waals surface area contributed by atoms with Crippen molar-refractivity contribution >= 4 is 19.8 Å². The van der Waals surface area contributed by atoms with Crippen molar-refractivity contribution in [1.82, 2.24) is 0 Å².